The van der Waals surface area contributed by atoms with Gasteiger partial charge in [0.05, 0.1) is 17.1 Å². The van der Waals surface area contributed by atoms with Crippen LogP contribution in [0.1, 0.15) is 17.3 Å². The van der Waals surface area contributed by atoms with Crippen LogP contribution in [0.4, 0.5) is 4.39 Å². The second-order valence-electron chi connectivity index (χ2n) is 3.47. The van der Waals surface area contributed by atoms with Gasteiger partial charge in [0.15, 0.2) is 0 Å². The van der Waals surface area contributed by atoms with Gasteiger partial charge in [-0.25, -0.2) is 14.2 Å². The number of fused-ring (bicyclic) bond motifs is 1. The molecule has 0 atom stereocenters. The molecule has 0 radical (unpaired) electrons. The standard InChI is InChI=1S/C12H8BrClFNO2/c1-2-18-12(17)9-10(14)7-5-6(15)3-4-8(7)16-11(9)13/h3-5H,2H2,1H3. The van der Waals surface area contributed by atoms with E-state index in [1.165, 1.54) is 18.2 Å². The number of nitrogens with zero attached hydrogens (tertiary/aromatic N) is 1. The molecule has 0 fully saturated rings. The lowest BCUT2D eigenvalue weighted by Crippen LogP contribution is -2.08. The first kappa shape index (κ1) is 13.2. The summed E-state index contributed by atoms with van der Waals surface area (Å²) in [7, 11) is 0. The van der Waals surface area contributed by atoms with Crippen LogP contribution in [0.3, 0.4) is 0 Å². The van der Waals surface area contributed by atoms with Crippen LogP contribution in [0, 0.1) is 5.82 Å². The molecule has 2 rings (SSSR count). The molecule has 94 valence electrons. The topological polar surface area (TPSA) is 39.2 Å². The molecule has 18 heavy (non-hydrogen) atoms. The van der Waals surface area contributed by atoms with Crippen molar-refractivity contribution in [3.05, 3.63) is 39.2 Å². The van der Waals surface area contributed by atoms with E-state index in [9.17, 15) is 9.18 Å². The second kappa shape index (κ2) is 5.20. The zero-order chi connectivity index (χ0) is 13.3. The lowest BCUT2D eigenvalue weighted by Gasteiger charge is -2.09. The zero-order valence-corrected chi connectivity index (χ0v) is 11.7. The van der Waals surface area contributed by atoms with E-state index in [4.69, 9.17) is 16.3 Å². The fourth-order valence-corrected chi connectivity index (χ4v) is 2.53. The lowest BCUT2D eigenvalue weighted by molar-refractivity contribution is 0.0525. The third-order valence-electron chi connectivity index (χ3n) is 2.32. The number of esters is 1. The number of carbonyl (C=O) groups is 1. The number of benzene rings is 1. The van der Waals surface area contributed by atoms with Gasteiger partial charge >= 0.3 is 5.97 Å². The van der Waals surface area contributed by atoms with Gasteiger partial charge in [0.25, 0.3) is 0 Å². The third kappa shape index (κ3) is 2.33. The summed E-state index contributed by atoms with van der Waals surface area (Å²) in [6.45, 7) is 1.91. The van der Waals surface area contributed by atoms with Crippen LogP contribution in [0.25, 0.3) is 10.9 Å². The number of halogens is 3. The first-order chi connectivity index (χ1) is 8.54. The summed E-state index contributed by atoms with van der Waals surface area (Å²) < 4.78 is 18.3. The van der Waals surface area contributed by atoms with Crippen molar-refractivity contribution in [3.8, 4) is 0 Å². The Morgan fingerprint density at radius 1 is 1.56 bits per heavy atom. The molecule has 1 aromatic carbocycles. The maximum Gasteiger partial charge on any atom is 0.342 e. The number of rotatable bonds is 2. The van der Waals surface area contributed by atoms with E-state index < -0.39 is 11.8 Å². The fraction of sp³-hybridized carbons (Fsp3) is 0.167. The quantitative estimate of drug-likeness (QED) is 0.617. The molecular formula is C12H8BrClFNO2. The summed E-state index contributed by atoms with van der Waals surface area (Å²) in [5.74, 6) is -1.03. The maximum atomic E-state index is 13.2. The van der Waals surface area contributed by atoms with Gasteiger partial charge in [0, 0.05) is 5.39 Å². The van der Waals surface area contributed by atoms with Crippen molar-refractivity contribution in [2.75, 3.05) is 6.61 Å². The summed E-state index contributed by atoms with van der Waals surface area (Å²) in [5, 5.41) is 0.507. The Balaban J connectivity index is 2.70. The minimum Gasteiger partial charge on any atom is -0.462 e. The van der Waals surface area contributed by atoms with Crippen LogP contribution in [0.5, 0.6) is 0 Å². The Bertz CT molecular complexity index is 633. The van der Waals surface area contributed by atoms with Gasteiger partial charge < -0.3 is 4.74 Å². The first-order valence-electron chi connectivity index (χ1n) is 5.16. The summed E-state index contributed by atoms with van der Waals surface area (Å²) >= 11 is 9.28. The van der Waals surface area contributed by atoms with Crippen molar-refractivity contribution >= 4 is 44.4 Å². The predicted octanol–water partition coefficient (Wildman–Crippen LogP) is 3.97. The summed E-state index contributed by atoms with van der Waals surface area (Å²) in [5.41, 5.74) is 0.609. The van der Waals surface area contributed by atoms with Crippen LogP contribution in [-0.2, 0) is 4.74 Å². The van der Waals surface area contributed by atoms with E-state index in [0.29, 0.717) is 10.9 Å². The van der Waals surface area contributed by atoms with Gasteiger partial charge in [-0.15, -0.1) is 0 Å². The van der Waals surface area contributed by atoms with Gasteiger partial charge in [-0.2, -0.15) is 0 Å². The van der Waals surface area contributed by atoms with E-state index >= 15 is 0 Å². The second-order valence-corrected chi connectivity index (χ2v) is 4.60. The summed E-state index contributed by atoms with van der Waals surface area (Å²) in [6.07, 6.45) is 0. The minimum absolute atomic E-state index is 0.108. The van der Waals surface area contributed by atoms with E-state index in [1.807, 2.05) is 0 Å². The van der Waals surface area contributed by atoms with Crippen molar-refractivity contribution in [1.82, 2.24) is 4.98 Å². The summed E-state index contributed by atoms with van der Waals surface area (Å²) in [6, 6.07) is 4.01. The molecule has 0 spiro atoms. The number of pyridine rings is 1. The van der Waals surface area contributed by atoms with Crippen LogP contribution in [0.15, 0.2) is 22.8 Å². The monoisotopic (exact) mass is 331 g/mol. The highest BCUT2D eigenvalue weighted by molar-refractivity contribution is 9.10. The number of carbonyl (C=O) groups excluding carboxylic acids is 1. The molecule has 0 N–H and O–H groups in total. The van der Waals surface area contributed by atoms with Crippen LogP contribution >= 0.6 is 27.5 Å². The molecule has 0 unspecified atom stereocenters. The van der Waals surface area contributed by atoms with E-state index in [2.05, 4.69) is 20.9 Å². The fourth-order valence-electron chi connectivity index (χ4n) is 1.55. The van der Waals surface area contributed by atoms with Crippen molar-refractivity contribution in [3.63, 3.8) is 0 Å². The predicted molar refractivity (Wildman–Crippen MR) is 70.4 cm³/mol. The van der Waals surface area contributed by atoms with Crippen molar-refractivity contribution in [2.45, 2.75) is 6.92 Å². The number of hydrogen-bond acceptors (Lipinski definition) is 3. The summed E-state index contributed by atoms with van der Waals surface area (Å²) in [4.78, 5) is 15.9. The highest BCUT2D eigenvalue weighted by Gasteiger charge is 2.20. The molecule has 0 saturated carbocycles. The minimum atomic E-state index is -0.590. The normalized spacial score (nSPS) is 10.7. The average molecular weight is 333 g/mol. The number of aromatic nitrogens is 1. The Hall–Kier alpha value is -1.20. The van der Waals surface area contributed by atoms with Gasteiger partial charge in [-0.1, -0.05) is 11.6 Å². The van der Waals surface area contributed by atoms with Crippen molar-refractivity contribution < 1.29 is 13.9 Å². The smallest absolute Gasteiger partial charge is 0.342 e. The Morgan fingerprint density at radius 3 is 2.94 bits per heavy atom. The molecule has 0 saturated heterocycles. The molecule has 2 aromatic rings. The number of ether oxygens (including phenoxy) is 1. The highest BCUT2D eigenvalue weighted by atomic mass is 79.9. The molecule has 1 aromatic heterocycles. The number of hydrogen-bond donors (Lipinski definition) is 0. The molecule has 6 heteroatoms. The molecule has 0 bridgehead atoms. The maximum absolute atomic E-state index is 13.2. The van der Waals surface area contributed by atoms with E-state index in [-0.39, 0.29) is 21.8 Å². The Morgan fingerprint density at radius 2 is 2.28 bits per heavy atom. The largest absolute Gasteiger partial charge is 0.462 e. The zero-order valence-electron chi connectivity index (χ0n) is 9.34. The highest BCUT2D eigenvalue weighted by Crippen LogP contribution is 2.31. The molecule has 0 aliphatic heterocycles. The molecule has 0 aliphatic rings. The SMILES string of the molecule is CCOC(=O)c1c(Br)nc2ccc(F)cc2c1Cl. The average Bonchev–Trinajstić information content (AvgIpc) is 2.31. The van der Waals surface area contributed by atoms with Gasteiger partial charge in [0.1, 0.15) is 16.0 Å². The molecular weight excluding hydrogens is 324 g/mol. The molecule has 0 amide bonds. The first-order valence-corrected chi connectivity index (χ1v) is 6.33. The Kier molecular flexibility index (Phi) is 3.82. The van der Waals surface area contributed by atoms with Crippen LogP contribution < -0.4 is 0 Å². The van der Waals surface area contributed by atoms with Crippen LogP contribution in [-0.4, -0.2) is 17.6 Å². The molecule has 3 nitrogen and oxygen atoms in total. The van der Waals surface area contributed by atoms with Gasteiger partial charge in [-0.3, -0.25) is 0 Å². The van der Waals surface area contributed by atoms with Crippen molar-refractivity contribution in [2.24, 2.45) is 0 Å². The third-order valence-corrected chi connectivity index (χ3v) is 3.29. The molecule has 0 aliphatic carbocycles. The van der Waals surface area contributed by atoms with Crippen LogP contribution in [0.2, 0.25) is 5.02 Å². The van der Waals surface area contributed by atoms with E-state index in [1.54, 1.807) is 6.92 Å². The van der Waals surface area contributed by atoms with E-state index in [0.717, 1.165) is 0 Å². The van der Waals surface area contributed by atoms with Crippen molar-refractivity contribution in [1.29, 1.82) is 0 Å². The van der Waals surface area contributed by atoms with Gasteiger partial charge in [0.2, 0.25) is 0 Å². The van der Waals surface area contributed by atoms with Gasteiger partial charge in [-0.05, 0) is 41.1 Å². The molecule has 1 heterocycles. The Labute approximate surface area is 116 Å². The lowest BCUT2D eigenvalue weighted by atomic mass is 10.1.